The molecule has 5 aromatic rings. The van der Waals surface area contributed by atoms with E-state index < -0.39 is 48.6 Å². The SMILES string of the molecule is C.C.CCc1cc(NC(=O)N2CC=C(c3ncc([C@H](O)CO)cc3Cl)CC2)ccc1OC(F)(F)F.CCc1cc(NC(=O)Oc2ccc([N+](=O)[O-])cc2)ccc1OC(F)(F)F.OC[C@@H](O)c1cnc(C2=CCNCC2)c(Cl)c1. The fourth-order valence-electron chi connectivity index (χ4n) is 7.26. The zero-order valence-electron chi connectivity index (χ0n) is 40.4. The largest absolute Gasteiger partial charge is 0.573 e. The molecule has 4 heterocycles. The van der Waals surface area contributed by atoms with Crippen LogP contribution in [0.1, 0.15) is 87.4 Å². The lowest BCUT2D eigenvalue weighted by Gasteiger charge is -2.27. The van der Waals surface area contributed by atoms with E-state index in [1.807, 2.05) is 6.08 Å². The van der Waals surface area contributed by atoms with Crippen LogP contribution in [0.5, 0.6) is 17.2 Å². The molecule has 0 saturated heterocycles. The van der Waals surface area contributed by atoms with Crippen molar-refractivity contribution < 1.29 is 75.5 Å². The van der Waals surface area contributed by atoms with Gasteiger partial charge in [-0.15, -0.1) is 26.3 Å². The Balaban J connectivity index is 0.000000318. The third-order valence-corrected chi connectivity index (χ3v) is 11.7. The number of aryl methyl sites for hydroxylation is 2. The average molecular weight is 1140 g/mol. The zero-order chi connectivity index (χ0) is 55.7. The number of pyridine rings is 2. The summed E-state index contributed by atoms with van der Waals surface area (Å²) in [5.41, 5.74) is 5.20. The van der Waals surface area contributed by atoms with Crippen LogP contribution in [0.25, 0.3) is 11.1 Å². The first kappa shape index (κ1) is 65.2. The van der Waals surface area contributed by atoms with E-state index in [0.717, 1.165) is 42.4 Å². The molecule has 0 fully saturated rings. The lowest BCUT2D eigenvalue weighted by Crippen LogP contribution is -2.38. The summed E-state index contributed by atoms with van der Waals surface area (Å²) < 4.78 is 87.5. The molecule has 2 atom stereocenters. The second-order valence-corrected chi connectivity index (χ2v) is 17.2. The highest BCUT2D eigenvalue weighted by molar-refractivity contribution is 6.32. The second kappa shape index (κ2) is 30.2. The molecule has 7 rings (SSSR count). The number of hydrogen-bond donors (Lipinski definition) is 7. The third kappa shape index (κ3) is 19.7. The van der Waals surface area contributed by atoms with Gasteiger partial charge in [0.25, 0.3) is 5.69 Å². The molecule has 3 aromatic carbocycles. The molecular weight excluding hydrogens is 1080 g/mol. The van der Waals surface area contributed by atoms with Gasteiger partial charge < -0.3 is 50.2 Å². The first-order valence-corrected chi connectivity index (χ1v) is 23.8. The van der Waals surface area contributed by atoms with Crippen molar-refractivity contribution in [3.05, 3.63) is 151 Å². The molecule has 0 bridgehead atoms. The molecule has 2 aliphatic rings. The van der Waals surface area contributed by atoms with Crippen molar-refractivity contribution in [1.82, 2.24) is 20.2 Å². The maximum absolute atomic E-state index is 12.6. The van der Waals surface area contributed by atoms with E-state index in [4.69, 9.17) is 38.2 Å². The highest BCUT2D eigenvalue weighted by Crippen LogP contribution is 2.33. The van der Waals surface area contributed by atoms with E-state index in [0.29, 0.717) is 57.5 Å². The van der Waals surface area contributed by atoms with Crippen molar-refractivity contribution in [3.63, 3.8) is 0 Å². The van der Waals surface area contributed by atoms with Crippen molar-refractivity contribution in [2.45, 2.75) is 79.3 Å². The number of carbonyl (C=O) groups excluding carboxylic acids is 2. The molecule has 3 amide bonds. The minimum atomic E-state index is -4.81. The molecule has 424 valence electrons. The number of halogens is 8. The van der Waals surface area contributed by atoms with Crippen LogP contribution < -0.4 is 30.2 Å². The van der Waals surface area contributed by atoms with E-state index in [1.165, 1.54) is 60.8 Å². The summed E-state index contributed by atoms with van der Waals surface area (Å²) >= 11 is 12.4. The minimum absolute atomic E-state index is 0. The molecule has 2 aromatic heterocycles. The number of aromatic nitrogens is 2. The number of hydrogen-bond acceptors (Lipinski definition) is 14. The first-order valence-electron chi connectivity index (χ1n) is 23.1. The number of non-ortho nitro benzene ring substituents is 1. The summed E-state index contributed by atoms with van der Waals surface area (Å²) in [6.07, 6.45) is -3.66. The number of urea groups is 1. The molecule has 0 unspecified atom stereocenters. The standard InChI is InChI=1S/C22H23ClF3N3O4.C16H13F3N2O5.C12H15ClN2O2.2CH4/c1-2-13-9-16(3-4-19(13)33-22(24,25)26)28-21(32)29-7-5-14(6-8-29)20-17(23)10-15(11-27-20)18(31)12-30;1-2-10-9-11(3-8-14(10)26-16(17,18)19)20-15(22)25-13-6-4-12(5-7-13)21(23)24;13-10-5-9(11(17)7-16)6-15-12(10)8-1-3-14-4-2-8;;/h3-5,9-11,18,30-31H,2,6-8,12H2,1H3,(H,28,32);3-9H,2H2,1H3,(H,20,22);1,5-6,11,14,16-17H,2-4,7H2;2*1H4/t18-;;11-;;/m1.1../s1. The van der Waals surface area contributed by atoms with E-state index in [-0.39, 0.29) is 68.6 Å². The van der Waals surface area contributed by atoms with Crippen LogP contribution in [0, 0.1) is 10.1 Å². The van der Waals surface area contributed by atoms with Crippen molar-refractivity contribution >= 4 is 63.5 Å². The summed E-state index contributed by atoms with van der Waals surface area (Å²) in [4.78, 5) is 44.5. The Hall–Kier alpha value is -7.06. The number of ether oxygens (including phenoxy) is 3. The number of carbonyl (C=O) groups is 2. The lowest BCUT2D eigenvalue weighted by atomic mass is 10.0. The molecule has 2 aliphatic heterocycles. The smallest absolute Gasteiger partial charge is 0.410 e. The third-order valence-electron chi connectivity index (χ3n) is 11.1. The predicted molar refractivity (Wildman–Crippen MR) is 282 cm³/mol. The van der Waals surface area contributed by atoms with Crippen LogP contribution in [0.3, 0.4) is 0 Å². The van der Waals surface area contributed by atoms with Gasteiger partial charge in [0.2, 0.25) is 0 Å². The van der Waals surface area contributed by atoms with Gasteiger partial charge in [0, 0.05) is 66.7 Å². The highest BCUT2D eigenvalue weighted by atomic mass is 35.5. The number of anilines is 2. The maximum atomic E-state index is 12.6. The number of alkyl halides is 6. The molecule has 0 spiro atoms. The molecular formula is C52H59Cl2F6N7O11. The van der Waals surface area contributed by atoms with Crippen LogP contribution in [-0.2, 0) is 12.8 Å². The number of amides is 3. The molecule has 0 saturated carbocycles. The topological polar surface area (TPSA) is 251 Å². The molecule has 18 nitrogen and oxygen atoms in total. The number of nitro benzene ring substituents is 1. The van der Waals surface area contributed by atoms with E-state index >= 15 is 0 Å². The number of aliphatic hydroxyl groups is 4. The van der Waals surface area contributed by atoms with Crippen molar-refractivity contribution in [3.8, 4) is 17.2 Å². The Morgan fingerprint density at radius 3 is 1.64 bits per heavy atom. The van der Waals surface area contributed by atoms with Gasteiger partial charge in [0.15, 0.2) is 0 Å². The number of nitrogens with one attached hydrogen (secondary N) is 3. The number of benzene rings is 3. The monoisotopic (exact) mass is 1140 g/mol. The average Bonchev–Trinajstić information content (AvgIpc) is 3.39. The molecule has 26 heteroatoms. The normalized spacial score (nSPS) is 13.9. The number of aliphatic hydroxyl groups excluding tert-OH is 4. The Labute approximate surface area is 455 Å². The van der Waals surface area contributed by atoms with Crippen molar-refractivity contribution in [2.75, 3.05) is 50.0 Å². The minimum Gasteiger partial charge on any atom is -0.410 e. The summed E-state index contributed by atoms with van der Waals surface area (Å²) in [5, 5.41) is 56.8. The van der Waals surface area contributed by atoms with E-state index in [1.54, 1.807) is 37.1 Å². The first-order chi connectivity index (χ1) is 36.0. The van der Waals surface area contributed by atoms with Gasteiger partial charge in [0.1, 0.15) is 29.5 Å². The van der Waals surface area contributed by atoms with Gasteiger partial charge in [-0.25, -0.2) is 9.59 Å². The Morgan fingerprint density at radius 2 is 1.24 bits per heavy atom. The van der Waals surface area contributed by atoms with E-state index in [9.17, 15) is 56.3 Å². The highest BCUT2D eigenvalue weighted by Gasteiger charge is 2.33. The van der Waals surface area contributed by atoms with Crippen molar-refractivity contribution in [1.29, 1.82) is 0 Å². The van der Waals surface area contributed by atoms with Gasteiger partial charge in [-0.05, 0) is 115 Å². The van der Waals surface area contributed by atoms with Crippen LogP contribution >= 0.6 is 23.2 Å². The van der Waals surface area contributed by atoms with Crippen LogP contribution in [0.2, 0.25) is 10.0 Å². The summed E-state index contributed by atoms with van der Waals surface area (Å²) in [6.45, 7) is 4.97. The lowest BCUT2D eigenvalue weighted by molar-refractivity contribution is -0.384. The fourth-order valence-corrected chi connectivity index (χ4v) is 7.86. The van der Waals surface area contributed by atoms with Gasteiger partial charge in [-0.2, -0.15) is 0 Å². The van der Waals surface area contributed by atoms with Gasteiger partial charge in [-0.3, -0.25) is 25.4 Å². The number of nitrogens with zero attached hydrogens (tertiary/aromatic N) is 4. The molecule has 7 N–H and O–H groups in total. The quantitative estimate of drug-likeness (QED) is 0.0310. The number of nitro groups is 1. The number of rotatable bonds is 14. The summed E-state index contributed by atoms with van der Waals surface area (Å²) in [5.74, 6) is -0.578. The molecule has 78 heavy (non-hydrogen) atoms. The second-order valence-electron chi connectivity index (χ2n) is 16.3. The Kier molecular flexibility index (Phi) is 25.2. The summed E-state index contributed by atoms with van der Waals surface area (Å²) in [6, 6.07) is 15.3. The van der Waals surface area contributed by atoms with Crippen molar-refractivity contribution in [2.24, 2.45) is 0 Å². The zero-order valence-corrected chi connectivity index (χ0v) is 41.9. The Morgan fingerprint density at radius 1 is 0.756 bits per heavy atom. The fraction of sp³-hybridized carbons (Fsp3) is 0.346. The van der Waals surface area contributed by atoms with E-state index in [2.05, 4.69) is 41.5 Å². The Bertz CT molecular complexity index is 2880. The predicted octanol–water partition coefficient (Wildman–Crippen LogP) is 11.6. The molecule has 0 radical (unpaired) electrons. The summed E-state index contributed by atoms with van der Waals surface area (Å²) in [7, 11) is 0. The van der Waals surface area contributed by atoms with Gasteiger partial charge >= 0.3 is 24.8 Å². The van der Waals surface area contributed by atoms with Crippen LogP contribution in [0.4, 0.5) is 53.0 Å². The van der Waals surface area contributed by atoms with Crippen LogP contribution in [-0.4, -0.2) is 104 Å². The van der Waals surface area contributed by atoms with Gasteiger partial charge in [-0.1, -0.05) is 64.1 Å². The van der Waals surface area contributed by atoms with Crippen LogP contribution in [0.15, 0.2) is 97.3 Å². The maximum Gasteiger partial charge on any atom is 0.573 e. The molecule has 0 aliphatic carbocycles. The van der Waals surface area contributed by atoms with Gasteiger partial charge in [0.05, 0.1) is 39.6 Å².